The minimum Gasteiger partial charge on any atom is -0.396 e. The lowest BCUT2D eigenvalue weighted by molar-refractivity contribution is 0.282. The van der Waals surface area contributed by atoms with Crippen LogP contribution >= 0.6 is 0 Å². The van der Waals surface area contributed by atoms with E-state index in [4.69, 9.17) is 5.11 Å². The van der Waals surface area contributed by atoms with Gasteiger partial charge in [0.1, 0.15) is 0 Å². The molecule has 1 nitrogen and oxygen atoms in total. The van der Waals surface area contributed by atoms with Gasteiger partial charge in [0, 0.05) is 13.0 Å². The van der Waals surface area contributed by atoms with Gasteiger partial charge in [-0.25, -0.2) is 0 Å². The van der Waals surface area contributed by atoms with Crippen molar-refractivity contribution in [3.05, 3.63) is 0 Å². The van der Waals surface area contributed by atoms with Gasteiger partial charge in [0.25, 0.3) is 0 Å². The van der Waals surface area contributed by atoms with Crippen molar-refractivity contribution in [2.45, 2.75) is 51.9 Å². The summed E-state index contributed by atoms with van der Waals surface area (Å²) >= 11 is 0. The van der Waals surface area contributed by atoms with E-state index in [2.05, 4.69) is 11.8 Å². The van der Waals surface area contributed by atoms with Crippen LogP contribution in [0.25, 0.3) is 0 Å². The molecular formula is C11H20O. The molecule has 1 heteroatoms. The Bertz CT molecular complexity index is 130. The number of hydrogen-bond acceptors (Lipinski definition) is 1. The molecule has 0 aromatic carbocycles. The topological polar surface area (TPSA) is 20.2 Å². The lowest BCUT2D eigenvalue weighted by Gasteiger charge is -1.97. The summed E-state index contributed by atoms with van der Waals surface area (Å²) in [7, 11) is 0. The highest BCUT2D eigenvalue weighted by molar-refractivity contribution is 4.94. The summed E-state index contributed by atoms with van der Waals surface area (Å²) in [5.41, 5.74) is 0. The molecule has 0 rings (SSSR count). The molecule has 0 bridgehead atoms. The molecule has 0 saturated carbocycles. The summed E-state index contributed by atoms with van der Waals surface area (Å²) in [6.45, 7) is 2.24. The molecule has 0 aliphatic rings. The Morgan fingerprint density at radius 3 is 2.08 bits per heavy atom. The third-order valence-electron chi connectivity index (χ3n) is 1.89. The maximum Gasteiger partial charge on any atom is 0.0431 e. The zero-order valence-corrected chi connectivity index (χ0v) is 8.10. The predicted molar refractivity (Wildman–Crippen MR) is 52.9 cm³/mol. The number of aliphatic hydroxyl groups is 1. The van der Waals surface area contributed by atoms with E-state index in [1.54, 1.807) is 0 Å². The van der Waals surface area contributed by atoms with Crippen molar-refractivity contribution in [3.63, 3.8) is 0 Å². The van der Waals surface area contributed by atoms with Gasteiger partial charge >= 0.3 is 0 Å². The fourth-order valence-corrected chi connectivity index (χ4v) is 1.16. The molecule has 0 spiro atoms. The minimum atomic E-state index is 0.349. The highest BCUT2D eigenvalue weighted by atomic mass is 16.2. The molecule has 0 saturated heterocycles. The molecule has 0 fully saturated rings. The number of rotatable bonds is 7. The Labute approximate surface area is 76.2 Å². The average molecular weight is 168 g/mol. The molecule has 0 aromatic heterocycles. The molecular weight excluding hydrogens is 148 g/mol. The second-order valence-electron chi connectivity index (χ2n) is 3.02. The first-order chi connectivity index (χ1) is 5.91. The normalized spacial score (nSPS) is 9.17. The van der Waals surface area contributed by atoms with E-state index in [0.29, 0.717) is 6.61 Å². The summed E-state index contributed by atoms with van der Waals surface area (Å²) in [5, 5.41) is 8.52. The number of unbranched alkanes of at least 4 members (excludes halogenated alkanes) is 6. The van der Waals surface area contributed by atoms with E-state index < -0.39 is 0 Å². The van der Waals surface area contributed by atoms with E-state index in [-0.39, 0.29) is 0 Å². The lowest BCUT2D eigenvalue weighted by Crippen LogP contribution is -1.83. The summed E-state index contributed by atoms with van der Waals surface area (Å²) in [4.78, 5) is 0. The van der Waals surface area contributed by atoms with E-state index in [1.165, 1.54) is 32.1 Å². The summed E-state index contributed by atoms with van der Waals surface area (Å²) in [5.74, 6) is 5.96. The molecule has 0 amide bonds. The van der Waals surface area contributed by atoms with Crippen LogP contribution in [0.1, 0.15) is 51.9 Å². The summed E-state index contributed by atoms with van der Waals surface area (Å²) in [6.07, 6.45) is 8.28. The van der Waals surface area contributed by atoms with Crippen LogP contribution in [0.2, 0.25) is 0 Å². The van der Waals surface area contributed by atoms with Crippen LogP contribution in [-0.2, 0) is 0 Å². The number of aliphatic hydroxyl groups excluding tert-OH is 1. The van der Waals surface area contributed by atoms with E-state index in [0.717, 1.165) is 12.8 Å². The van der Waals surface area contributed by atoms with Gasteiger partial charge in [-0.3, -0.25) is 0 Å². The second kappa shape index (κ2) is 10.5. The maximum atomic E-state index is 8.52. The van der Waals surface area contributed by atoms with Crippen LogP contribution in [0.4, 0.5) is 0 Å². The Morgan fingerprint density at radius 2 is 1.50 bits per heavy atom. The monoisotopic (exact) mass is 168 g/mol. The van der Waals surface area contributed by atoms with Crippen molar-refractivity contribution < 1.29 is 5.11 Å². The molecule has 0 aromatic rings. The van der Waals surface area contributed by atoms with Crippen molar-refractivity contribution in [1.29, 1.82) is 0 Å². The first-order valence-electron chi connectivity index (χ1n) is 4.92. The summed E-state index contributed by atoms with van der Waals surface area (Å²) in [6, 6.07) is 0. The highest BCUT2D eigenvalue weighted by Gasteiger charge is 1.88. The molecule has 12 heavy (non-hydrogen) atoms. The second-order valence-corrected chi connectivity index (χ2v) is 3.02. The van der Waals surface area contributed by atoms with Crippen molar-refractivity contribution in [2.75, 3.05) is 6.61 Å². The van der Waals surface area contributed by atoms with Crippen LogP contribution in [-0.4, -0.2) is 11.7 Å². The Hall–Kier alpha value is -0.480. The van der Waals surface area contributed by atoms with Crippen molar-refractivity contribution in [2.24, 2.45) is 0 Å². The molecule has 0 heterocycles. The Kier molecular flexibility index (Phi) is 10.1. The number of hydrogen-bond donors (Lipinski definition) is 1. The molecule has 0 aliphatic carbocycles. The van der Waals surface area contributed by atoms with Crippen LogP contribution in [0.3, 0.4) is 0 Å². The fraction of sp³-hybridized carbons (Fsp3) is 0.818. The molecule has 0 aliphatic heterocycles. The lowest BCUT2D eigenvalue weighted by atomic mass is 10.1. The van der Waals surface area contributed by atoms with Crippen LogP contribution in [0.5, 0.6) is 0 Å². The molecule has 70 valence electrons. The third-order valence-corrected chi connectivity index (χ3v) is 1.89. The standard InChI is InChI=1S/C11H20O/c1-2-3-4-5-6-7-8-9-10-11-12/h12H,4-11H2,1H3. The zero-order valence-electron chi connectivity index (χ0n) is 8.10. The first kappa shape index (κ1) is 11.5. The molecule has 0 unspecified atom stereocenters. The van der Waals surface area contributed by atoms with Gasteiger partial charge in [0.15, 0.2) is 0 Å². The van der Waals surface area contributed by atoms with Gasteiger partial charge < -0.3 is 5.11 Å². The minimum absolute atomic E-state index is 0.349. The van der Waals surface area contributed by atoms with Crippen molar-refractivity contribution >= 4 is 0 Å². The Morgan fingerprint density at radius 1 is 0.917 bits per heavy atom. The van der Waals surface area contributed by atoms with Gasteiger partial charge in [0.05, 0.1) is 0 Å². The first-order valence-corrected chi connectivity index (χ1v) is 4.92. The van der Waals surface area contributed by atoms with Crippen molar-refractivity contribution in [1.82, 2.24) is 0 Å². The van der Waals surface area contributed by atoms with Gasteiger partial charge in [0.2, 0.25) is 0 Å². The molecule has 1 N–H and O–H groups in total. The largest absolute Gasteiger partial charge is 0.396 e. The van der Waals surface area contributed by atoms with Crippen LogP contribution in [0, 0.1) is 11.8 Å². The van der Waals surface area contributed by atoms with Gasteiger partial charge in [-0.15, -0.1) is 11.8 Å². The van der Waals surface area contributed by atoms with Gasteiger partial charge in [-0.2, -0.15) is 0 Å². The maximum absolute atomic E-state index is 8.52. The molecule has 0 atom stereocenters. The van der Waals surface area contributed by atoms with Crippen molar-refractivity contribution in [3.8, 4) is 11.8 Å². The average Bonchev–Trinajstić information content (AvgIpc) is 2.10. The van der Waals surface area contributed by atoms with Crippen LogP contribution < -0.4 is 0 Å². The van der Waals surface area contributed by atoms with E-state index in [9.17, 15) is 0 Å². The third kappa shape index (κ3) is 9.52. The zero-order chi connectivity index (χ0) is 9.07. The van der Waals surface area contributed by atoms with E-state index >= 15 is 0 Å². The van der Waals surface area contributed by atoms with Crippen LogP contribution in [0.15, 0.2) is 0 Å². The fourth-order valence-electron chi connectivity index (χ4n) is 1.16. The Balaban J connectivity index is 2.84. The van der Waals surface area contributed by atoms with E-state index in [1.807, 2.05) is 6.92 Å². The SMILES string of the molecule is CC#CCCCCCCCCO. The van der Waals surface area contributed by atoms with Gasteiger partial charge in [-0.05, 0) is 19.8 Å². The highest BCUT2D eigenvalue weighted by Crippen LogP contribution is 2.06. The quantitative estimate of drug-likeness (QED) is 0.458. The molecule has 0 radical (unpaired) electrons. The smallest absolute Gasteiger partial charge is 0.0431 e. The summed E-state index contributed by atoms with van der Waals surface area (Å²) < 4.78 is 0. The predicted octanol–water partition coefficient (Wildman–Crippen LogP) is 2.73. The van der Waals surface area contributed by atoms with Gasteiger partial charge in [-0.1, -0.05) is 25.7 Å².